The highest BCUT2D eigenvalue weighted by Gasteiger charge is 2.11. The Balaban J connectivity index is 2.38. The summed E-state index contributed by atoms with van der Waals surface area (Å²) in [6.45, 7) is 3.36. The highest BCUT2D eigenvalue weighted by molar-refractivity contribution is 5.81. The maximum atomic E-state index is 11.7. The van der Waals surface area contributed by atoms with Crippen LogP contribution < -0.4 is 10.6 Å². The van der Waals surface area contributed by atoms with E-state index in [9.17, 15) is 4.79 Å². The minimum absolute atomic E-state index is 0.0616. The average Bonchev–Trinajstić information content (AvgIpc) is 2.45. The van der Waals surface area contributed by atoms with Crippen LogP contribution >= 0.6 is 0 Å². The number of carbonyl (C=O) groups excluding carboxylic acids is 1. The number of nitrogens with one attached hydrogen (secondary N) is 2. The van der Waals surface area contributed by atoms with Crippen LogP contribution in [0.4, 0.5) is 0 Å². The molecule has 5 heteroatoms. The van der Waals surface area contributed by atoms with Crippen molar-refractivity contribution in [2.75, 3.05) is 20.3 Å². The summed E-state index contributed by atoms with van der Waals surface area (Å²) in [6, 6.07) is 9.12. The van der Waals surface area contributed by atoms with Crippen LogP contribution in [-0.2, 0) is 16.1 Å². The second-order valence-electron chi connectivity index (χ2n) is 4.20. The smallest absolute Gasteiger partial charge is 0.236 e. The summed E-state index contributed by atoms with van der Waals surface area (Å²) in [4.78, 5) is 11.7. The van der Waals surface area contributed by atoms with Gasteiger partial charge in [0.15, 0.2) is 0 Å². The predicted octanol–water partition coefficient (Wildman–Crippen LogP) is 0.799. The lowest BCUT2D eigenvalue weighted by atomic mass is 10.1. The molecule has 0 fully saturated rings. The number of rotatable bonds is 7. The molecule has 1 amide bonds. The summed E-state index contributed by atoms with van der Waals surface area (Å²) >= 11 is 0. The minimum Gasteiger partial charge on any atom is -0.383 e. The summed E-state index contributed by atoms with van der Waals surface area (Å²) in [6.07, 6.45) is 0. The quantitative estimate of drug-likeness (QED) is 0.712. The van der Waals surface area contributed by atoms with Crippen LogP contribution in [0.1, 0.15) is 18.1 Å². The molecule has 1 aromatic rings. The molecule has 1 atom stereocenters. The molecular formula is C14H19N3O2. The molecule has 0 aromatic heterocycles. The number of methoxy groups -OCH3 is 1. The Morgan fingerprint density at radius 2 is 2.32 bits per heavy atom. The van der Waals surface area contributed by atoms with Crippen molar-refractivity contribution in [3.05, 3.63) is 35.4 Å². The van der Waals surface area contributed by atoms with Gasteiger partial charge in [-0.1, -0.05) is 12.1 Å². The van der Waals surface area contributed by atoms with Crippen molar-refractivity contribution >= 4 is 5.91 Å². The normalized spacial score (nSPS) is 11.6. The Morgan fingerprint density at radius 3 is 3.00 bits per heavy atom. The number of carbonyl (C=O) groups is 1. The molecule has 0 spiro atoms. The summed E-state index contributed by atoms with van der Waals surface area (Å²) in [5, 5.41) is 14.7. The first-order chi connectivity index (χ1) is 9.17. The number of amides is 1. The first kappa shape index (κ1) is 15.2. The molecule has 0 aliphatic heterocycles. The Hall–Kier alpha value is -1.90. The Labute approximate surface area is 113 Å². The lowest BCUT2D eigenvalue weighted by molar-refractivity contribution is -0.122. The molecule has 2 N–H and O–H groups in total. The third-order valence-electron chi connectivity index (χ3n) is 2.67. The van der Waals surface area contributed by atoms with Gasteiger partial charge < -0.3 is 15.4 Å². The van der Waals surface area contributed by atoms with E-state index in [1.54, 1.807) is 20.1 Å². The standard InChI is InChI=1S/C14H19N3O2/c1-11(14(18)16-6-7-19-2)17-10-13-5-3-4-12(8-13)9-15/h3-5,8,11,17H,6-7,10H2,1-2H3,(H,16,18). The molecular weight excluding hydrogens is 242 g/mol. The Morgan fingerprint density at radius 1 is 1.53 bits per heavy atom. The van der Waals surface area contributed by atoms with Gasteiger partial charge in [-0.2, -0.15) is 5.26 Å². The lowest BCUT2D eigenvalue weighted by Crippen LogP contribution is -2.42. The van der Waals surface area contributed by atoms with Crippen LogP contribution in [0.15, 0.2) is 24.3 Å². The first-order valence-corrected chi connectivity index (χ1v) is 6.16. The number of ether oxygens (including phenoxy) is 1. The van der Waals surface area contributed by atoms with Gasteiger partial charge in [0.1, 0.15) is 0 Å². The Bertz CT molecular complexity index is 454. The minimum atomic E-state index is -0.289. The van der Waals surface area contributed by atoms with Gasteiger partial charge in [-0.05, 0) is 24.6 Å². The van der Waals surface area contributed by atoms with Crippen LogP contribution in [0.5, 0.6) is 0 Å². The van der Waals surface area contributed by atoms with Gasteiger partial charge in [0.25, 0.3) is 0 Å². The second kappa shape index (κ2) is 8.25. The summed E-state index contributed by atoms with van der Waals surface area (Å²) < 4.78 is 4.86. The molecule has 19 heavy (non-hydrogen) atoms. The largest absolute Gasteiger partial charge is 0.383 e. The van der Waals surface area contributed by atoms with Gasteiger partial charge in [-0.15, -0.1) is 0 Å². The third-order valence-corrected chi connectivity index (χ3v) is 2.67. The fraction of sp³-hybridized carbons (Fsp3) is 0.429. The number of hydrogen-bond acceptors (Lipinski definition) is 4. The maximum Gasteiger partial charge on any atom is 0.236 e. The molecule has 0 saturated heterocycles. The van der Waals surface area contributed by atoms with E-state index < -0.39 is 0 Å². The summed E-state index contributed by atoms with van der Waals surface area (Å²) in [5.41, 5.74) is 1.60. The zero-order chi connectivity index (χ0) is 14.1. The number of hydrogen-bond donors (Lipinski definition) is 2. The van der Waals surface area contributed by atoms with Gasteiger partial charge in [0.2, 0.25) is 5.91 Å². The van der Waals surface area contributed by atoms with E-state index >= 15 is 0 Å². The van der Waals surface area contributed by atoms with E-state index in [0.717, 1.165) is 5.56 Å². The molecule has 1 rings (SSSR count). The average molecular weight is 261 g/mol. The van der Waals surface area contributed by atoms with Crippen molar-refractivity contribution in [3.63, 3.8) is 0 Å². The van der Waals surface area contributed by atoms with Crippen molar-refractivity contribution < 1.29 is 9.53 Å². The van der Waals surface area contributed by atoms with E-state index in [-0.39, 0.29) is 11.9 Å². The number of benzene rings is 1. The van der Waals surface area contributed by atoms with Gasteiger partial charge in [0, 0.05) is 20.2 Å². The number of nitriles is 1. The van der Waals surface area contributed by atoms with E-state index in [1.165, 1.54) is 0 Å². The van der Waals surface area contributed by atoms with Crippen molar-refractivity contribution in [3.8, 4) is 6.07 Å². The molecule has 5 nitrogen and oxygen atoms in total. The molecule has 0 heterocycles. The van der Waals surface area contributed by atoms with Crippen LogP contribution in [0.25, 0.3) is 0 Å². The van der Waals surface area contributed by atoms with E-state index in [4.69, 9.17) is 10.00 Å². The fourth-order valence-electron chi connectivity index (χ4n) is 1.54. The van der Waals surface area contributed by atoms with Crippen molar-refractivity contribution in [1.82, 2.24) is 10.6 Å². The van der Waals surface area contributed by atoms with Crippen molar-refractivity contribution in [1.29, 1.82) is 5.26 Å². The lowest BCUT2D eigenvalue weighted by Gasteiger charge is -2.14. The van der Waals surface area contributed by atoms with E-state index in [2.05, 4.69) is 16.7 Å². The molecule has 0 radical (unpaired) electrons. The van der Waals surface area contributed by atoms with E-state index in [1.807, 2.05) is 18.2 Å². The van der Waals surface area contributed by atoms with Gasteiger partial charge >= 0.3 is 0 Å². The van der Waals surface area contributed by atoms with Gasteiger partial charge in [-0.25, -0.2) is 0 Å². The number of nitrogens with zero attached hydrogens (tertiary/aromatic N) is 1. The highest BCUT2D eigenvalue weighted by atomic mass is 16.5. The van der Waals surface area contributed by atoms with Crippen LogP contribution in [0.3, 0.4) is 0 Å². The molecule has 0 aliphatic carbocycles. The Kier molecular flexibility index (Phi) is 6.58. The second-order valence-corrected chi connectivity index (χ2v) is 4.20. The van der Waals surface area contributed by atoms with Crippen molar-refractivity contribution in [2.45, 2.75) is 19.5 Å². The maximum absolute atomic E-state index is 11.7. The SMILES string of the molecule is COCCNC(=O)C(C)NCc1cccc(C#N)c1. The van der Waals surface area contributed by atoms with Crippen LogP contribution in [0.2, 0.25) is 0 Å². The topological polar surface area (TPSA) is 74.2 Å². The monoisotopic (exact) mass is 261 g/mol. The van der Waals surface area contributed by atoms with E-state index in [0.29, 0.717) is 25.3 Å². The molecule has 1 aromatic carbocycles. The third kappa shape index (κ3) is 5.51. The van der Waals surface area contributed by atoms with Crippen LogP contribution in [-0.4, -0.2) is 32.2 Å². The zero-order valence-electron chi connectivity index (χ0n) is 11.3. The van der Waals surface area contributed by atoms with Crippen molar-refractivity contribution in [2.24, 2.45) is 0 Å². The fourth-order valence-corrected chi connectivity index (χ4v) is 1.54. The molecule has 0 saturated carbocycles. The summed E-state index contributed by atoms with van der Waals surface area (Å²) in [7, 11) is 1.59. The molecule has 102 valence electrons. The highest BCUT2D eigenvalue weighted by Crippen LogP contribution is 2.04. The predicted molar refractivity (Wildman–Crippen MR) is 72.3 cm³/mol. The van der Waals surface area contributed by atoms with Gasteiger partial charge in [0.05, 0.1) is 24.3 Å². The molecule has 0 bridgehead atoms. The van der Waals surface area contributed by atoms with Crippen LogP contribution in [0, 0.1) is 11.3 Å². The zero-order valence-corrected chi connectivity index (χ0v) is 11.3. The molecule has 0 aliphatic rings. The summed E-state index contributed by atoms with van der Waals surface area (Å²) in [5.74, 6) is -0.0616. The first-order valence-electron chi connectivity index (χ1n) is 6.16. The van der Waals surface area contributed by atoms with Gasteiger partial charge in [-0.3, -0.25) is 4.79 Å². The molecule has 1 unspecified atom stereocenters.